The fraction of sp³-hybridized carbons (Fsp3) is 0.118. The molecule has 1 heterocycles. The van der Waals surface area contributed by atoms with Crippen molar-refractivity contribution >= 4 is 11.6 Å². The molecule has 0 aliphatic carbocycles. The molecule has 0 spiro atoms. The minimum absolute atomic E-state index is 0.312. The van der Waals surface area contributed by atoms with E-state index in [0.29, 0.717) is 34.2 Å². The highest BCUT2D eigenvalue weighted by atomic mass is 16.5. The Kier molecular flexibility index (Phi) is 4.42. The molecular formula is C17H15N3O4. The third kappa shape index (κ3) is 3.05. The number of nitrogens with one attached hydrogen (secondary N) is 1. The first-order valence-electron chi connectivity index (χ1n) is 7.12. The normalized spacial score (nSPS) is 10.2. The van der Waals surface area contributed by atoms with Gasteiger partial charge in [-0.25, -0.2) is 0 Å². The SMILES string of the molecule is COc1cccc(C(=O)Nc2cccc(-c3nnco3)c2)c1OC. The van der Waals surface area contributed by atoms with Gasteiger partial charge in [-0.05, 0) is 30.3 Å². The molecular weight excluding hydrogens is 310 g/mol. The van der Waals surface area contributed by atoms with Gasteiger partial charge in [-0.1, -0.05) is 12.1 Å². The minimum atomic E-state index is -0.312. The first-order valence-corrected chi connectivity index (χ1v) is 7.12. The van der Waals surface area contributed by atoms with Crippen molar-refractivity contribution in [2.24, 2.45) is 0 Å². The summed E-state index contributed by atoms with van der Waals surface area (Å²) in [6, 6.07) is 12.2. The fourth-order valence-corrected chi connectivity index (χ4v) is 2.29. The second-order valence-electron chi connectivity index (χ2n) is 4.82. The van der Waals surface area contributed by atoms with Crippen molar-refractivity contribution in [1.29, 1.82) is 0 Å². The lowest BCUT2D eigenvalue weighted by molar-refractivity contribution is 0.102. The molecule has 1 amide bonds. The number of ether oxygens (including phenoxy) is 2. The van der Waals surface area contributed by atoms with E-state index in [1.165, 1.54) is 20.6 Å². The molecule has 0 radical (unpaired) electrons. The summed E-state index contributed by atoms with van der Waals surface area (Å²) in [6.45, 7) is 0. The first-order chi connectivity index (χ1) is 11.7. The zero-order valence-electron chi connectivity index (χ0n) is 13.1. The number of para-hydroxylation sites is 1. The number of amides is 1. The Morgan fingerprint density at radius 2 is 1.96 bits per heavy atom. The molecule has 0 fully saturated rings. The van der Waals surface area contributed by atoms with E-state index in [4.69, 9.17) is 13.9 Å². The summed E-state index contributed by atoms with van der Waals surface area (Å²) in [5, 5.41) is 10.3. The summed E-state index contributed by atoms with van der Waals surface area (Å²) >= 11 is 0. The van der Waals surface area contributed by atoms with Gasteiger partial charge in [-0.15, -0.1) is 10.2 Å². The smallest absolute Gasteiger partial charge is 0.259 e. The summed E-state index contributed by atoms with van der Waals surface area (Å²) in [5.41, 5.74) is 1.68. The van der Waals surface area contributed by atoms with Gasteiger partial charge in [0.2, 0.25) is 12.3 Å². The summed E-state index contributed by atoms with van der Waals surface area (Å²) in [4.78, 5) is 12.6. The van der Waals surface area contributed by atoms with Gasteiger partial charge in [0, 0.05) is 11.3 Å². The maximum atomic E-state index is 12.6. The van der Waals surface area contributed by atoms with Crippen molar-refractivity contribution < 1.29 is 18.7 Å². The maximum Gasteiger partial charge on any atom is 0.259 e. The Balaban J connectivity index is 1.87. The minimum Gasteiger partial charge on any atom is -0.493 e. The van der Waals surface area contributed by atoms with E-state index in [1.807, 2.05) is 6.07 Å². The van der Waals surface area contributed by atoms with E-state index in [1.54, 1.807) is 36.4 Å². The van der Waals surface area contributed by atoms with Crippen LogP contribution in [-0.2, 0) is 0 Å². The molecule has 122 valence electrons. The van der Waals surface area contributed by atoms with Crippen LogP contribution in [0.5, 0.6) is 11.5 Å². The fourth-order valence-electron chi connectivity index (χ4n) is 2.29. The van der Waals surface area contributed by atoms with E-state index in [2.05, 4.69) is 15.5 Å². The predicted octanol–water partition coefficient (Wildman–Crippen LogP) is 3.01. The molecule has 1 N–H and O–H groups in total. The molecule has 0 saturated carbocycles. The Hall–Kier alpha value is -3.35. The molecule has 0 atom stereocenters. The average Bonchev–Trinajstić information content (AvgIpc) is 3.15. The number of hydrogen-bond acceptors (Lipinski definition) is 6. The van der Waals surface area contributed by atoms with Crippen molar-refractivity contribution in [1.82, 2.24) is 10.2 Å². The molecule has 0 bridgehead atoms. The lowest BCUT2D eigenvalue weighted by Crippen LogP contribution is -2.13. The Bertz CT molecular complexity index is 847. The molecule has 3 rings (SSSR count). The topological polar surface area (TPSA) is 86.5 Å². The van der Waals surface area contributed by atoms with Crippen LogP contribution in [0.2, 0.25) is 0 Å². The number of nitrogens with zero attached hydrogens (tertiary/aromatic N) is 2. The van der Waals surface area contributed by atoms with Gasteiger partial charge in [-0.2, -0.15) is 0 Å². The number of aromatic nitrogens is 2. The maximum absolute atomic E-state index is 12.6. The number of anilines is 1. The van der Waals surface area contributed by atoms with Crippen LogP contribution in [0.4, 0.5) is 5.69 Å². The van der Waals surface area contributed by atoms with Gasteiger partial charge in [-0.3, -0.25) is 4.79 Å². The van der Waals surface area contributed by atoms with E-state index in [0.717, 1.165) is 0 Å². The highest BCUT2D eigenvalue weighted by Crippen LogP contribution is 2.31. The standard InChI is InChI=1S/C17H15N3O4/c1-22-14-8-4-7-13(15(14)23-2)16(21)19-12-6-3-5-11(9-12)17-20-18-10-24-17/h3-10H,1-2H3,(H,19,21). The molecule has 3 aromatic rings. The molecule has 7 nitrogen and oxygen atoms in total. The van der Waals surface area contributed by atoms with Crippen LogP contribution in [0.3, 0.4) is 0 Å². The van der Waals surface area contributed by atoms with Crippen LogP contribution in [0.1, 0.15) is 10.4 Å². The van der Waals surface area contributed by atoms with Crippen LogP contribution >= 0.6 is 0 Å². The number of carbonyl (C=O) groups is 1. The van der Waals surface area contributed by atoms with E-state index < -0.39 is 0 Å². The Morgan fingerprint density at radius 1 is 1.12 bits per heavy atom. The van der Waals surface area contributed by atoms with Gasteiger partial charge < -0.3 is 19.2 Å². The predicted molar refractivity (Wildman–Crippen MR) is 87.2 cm³/mol. The number of carbonyl (C=O) groups excluding carboxylic acids is 1. The number of benzene rings is 2. The van der Waals surface area contributed by atoms with E-state index in [-0.39, 0.29) is 5.91 Å². The van der Waals surface area contributed by atoms with Gasteiger partial charge in [0.1, 0.15) is 0 Å². The molecule has 0 aliphatic rings. The summed E-state index contributed by atoms with van der Waals surface area (Å²) in [7, 11) is 3.01. The zero-order chi connectivity index (χ0) is 16.9. The lowest BCUT2D eigenvalue weighted by Gasteiger charge is -2.12. The monoisotopic (exact) mass is 325 g/mol. The highest BCUT2D eigenvalue weighted by molar-refractivity contribution is 6.06. The van der Waals surface area contributed by atoms with Gasteiger partial charge >= 0.3 is 0 Å². The van der Waals surface area contributed by atoms with Crippen LogP contribution < -0.4 is 14.8 Å². The number of methoxy groups -OCH3 is 2. The second-order valence-corrected chi connectivity index (χ2v) is 4.82. The molecule has 0 unspecified atom stereocenters. The third-order valence-electron chi connectivity index (χ3n) is 3.37. The summed E-state index contributed by atoms with van der Waals surface area (Å²) in [6.07, 6.45) is 1.25. The first kappa shape index (κ1) is 15.5. The zero-order valence-corrected chi connectivity index (χ0v) is 13.1. The Morgan fingerprint density at radius 3 is 2.67 bits per heavy atom. The van der Waals surface area contributed by atoms with Crippen LogP contribution in [0, 0.1) is 0 Å². The van der Waals surface area contributed by atoms with Crippen LogP contribution in [0.15, 0.2) is 53.3 Å². The molecule has 7 heteroatoms. The van der Waals surface area contributed by atoms with Crippen molar-refractivity contribution in [3.8, 4) is 23.0 Å². The molecule has 0 aliphatic heterocycles. The molecule has 0 saturated heterocycles. The number of rotatable bonds is 5. The summed E-state index contributed by atoms with van der Waals surface area (Å²) < 4.78 is 15.7. The van der Waals surface area contributed by atoms with Crippen LogP contribution in [-0.4, -0.2) is 30.3 Å². The quantitative estimate of drug-likeness (QED) is 0.776. The van der Waals surface area contributed by atoms with Crippen LogP contribution in [0.25, 0.3) is 11.5 Å². The Labute approximate surface area is 138 Å². The highest BCUT2D eigenvalue weighted by Gasteiger charge is 2.16. The van der Waals surface area contributed by atoms with E-state index in [9.17, 15) is 4.79 Å². The van der Waals surface area contributed by atoms with Crippen molar-refractivity contribution in [3.63, 3.8) is 0 Å². The number of hydrogen-bond donors (Lipinski definition) is 1. The molecule has 1 aromatic heterocycles. The third-order valence-corrected chi connectivity index (χ3v) is 3.37. The van der Waals surface area contributed by atoms with E-state index >= 15 is 0 Å². The van der Waals surface area contributed by atoms with Crippen molar-refractivity contribution in [2.75, 3.05) is 19.5 Å². The van der Waals surface area contributed by atoms with Crippen molar-refractivity contribution in [3.05, 3.63) is 54.4 Å². The average molecular weight is 325 g/mol. The van der Waals surface area contributed by atoms with Crippen molar-refractivity contribution in [2.45, 2.75) is 0 Å². The second kappa shape index (κ2) is 6.82. The molecule has 24 heavy (non-hydrogen) atoms. The molecule has 2 aromatic carbocycles. The summed E-state index contributed by atoms with van der Waals surface area (Å²) in [5.74, 6) is 0.939. The van der Waals surface area contributed by atoms with Gasteiger partial charge in [0.15, 0.2) is 11.5 Å². The van der Waals surface area contributed by atoms with Gasteiger partial charge in [0.05, 0.1) is 19.8 Å². The van der Waals surface area contributed by atoms with Gasteiger partial charge in [0.25, 0.3) is 5.91 Å². The largest absolute Gasteiger partial charge is 0.493 e. The lowest BCUT2D eigenvalue weighted by atomic mass is 10.1.